The maximum Gasteiger partial charge on any atom is 0.325 e. The molecule has 0 aromatic heterocycles. The van der Waals surface area contributed by atoms with E-state index in [2.05, 4.69) is 0 Å². The van der Waals surface area contributed by atoms with Crippen molar-refractivity contribution in [1.82, 2.24) is 0 Å². The smallest absolute Gasteiger partial charge is 0.325 e. The molecule has 0 bridgehead atoms. The van der Waals surface area contributed by atoms with Crippen molar-refractivity contribution in [1.29, 1.82) is 0 Å². The molecule has 0 saturated heterocycles. The van der Waals surface area contributed by atoms with Gasteiger partial charge >= 0.3 is 13.6 Å². The predicted octanol–water partition coefficient (Wildman–Crippen LogP) is 0.361. The molecule has 0 heterocycles. The van der Waals surface area contributed by atoms with E-state index in [0.29, 0.717) is 5.56 Å². The quantitative estimate of drug-likeness (QED) is 0.555. The van der Waals surface area contributed by atoms with Crippen LogP contribution in [0.5, 0.6) is 0 Å². The van der Waals surface area contributed by atoms with Gasteiger partial charge in [0.25, 0.3) is 0 Å². The van der Waals surface area contributed by atoms with Crippen molar-refractivity contribution in [3.05, 3.63) is 35.4 Å². The number of rotatable bonds is 6. The number of benzene rings is 1. The van der Waals surface area contributed by atoms with E-state index in [9.17, 15) is 9.36 Å². The van der Waals surface area contributed by atoms with Crippen LogP contribution < -0.4 is 5.73 Å². The number of carboxylic acid groups (broad SMARTS) is 1. The van der Waals surface area contributed by atoms with E-state index in [0.717, 1.165) is 5.56 Å². The van der Waals surface area contributed by atoms with E-state index in [-0.39, 0.29) is 19.0 Å². The molecule has 5 N–H and O–H groups in total. The van der Waals surface area contributed by atoms with Gasteiger partial charge in [0.15, 0.2) is 0 Å². The molecule has 7 heteroatoms. The summed E-state index contributed by atoms with van der Waals surface area (Å²) in [6.45, 7) is 0. The maximum atomic E-state index is 10.8. The lowest BCUT2D eigenvalue weighted by Crippen LogP contribution is -2.32. The van der Waals surface area contributed by atoms with Crippen LogP contribution in [0.15, 0.2) is 24.3 Å². The molecule has 0 aliphatic heterocycles. The molecule has 18 heavy (non-hydrogen) atoms. The van der Waals surface area contributed by atoms with Gasteiger partial charge in [0.2, 0.25) is 0 Å². The second-order valence-electron chi connectivity index (χ2n) is 4.06. The van der Waals surface area contributed by atoms with Crippen LogP contribution in [0.3, 0.4) is 0 Å². The standard InChI is InChI=1S/C11H16NO5P/c12-10(11(13)14)7-9-4-2-1-3-8(9)5-6-18(15,16)17/h1-4,10H,5-7,12H2,(H,13,14)(H2,15,16,17). The third-order valence-electron chi connectivity index (χ3n) is 2.55. The van der Waals surface area contributed by atoms with Crippen LogP contribution in [0, 0.1) is 0 Å². The van der Waals surface area contributed by atoms with Crippen LogP contribution in [0.1, 0.15) is 11.1 Å². The molecule has 0 spiro atoms. The maximum absolute atomic E-state index is 10.8. The fourth-order valence-corrected chi connectivity index (χ4v) is 2.12. The molecule has 1 aromatic carbocycles. The SMILES string of the molecule is NC(Cc1ccccc1CCP(=O)(O)O)C(=O)O. The Bertz CT molecular complexity index is 470. The van der Waals surface area contributed by atoms with Gasteiger partial charge in [-0.2, -0.15) is 0 Å². The molecule has 1 rings (SSSR count). The summed E-state index contributed by atoms with van der Waals surface area (Å²) in [5.41, 5.74) is 6.88. The van der Waals surface area contributed by atoms with Gasteiger partial charge in [0.05, 0.1) is 6.16 Å². The highest BCUT2D eigenvalue weighted by atomic mass is 31.2. The fraction of sp³-hybridized carbons (Fsp3) is 0.364. The molecule has 1 unspecified atom stereocenters. The molecular formula is C11H16NO5P. The van der Waals surface area contributed by atoms with Gasteiger partial charge in [-0.3, -0.25) is 9.36 Å². The van der Waals surface area contributed by atoms with E-state index in [1.54, 1.807) is 24.3 Å². The topological polar surface area (TPSA) is 121 Å². The first-order chi connectivity index (χ1) is 8.29. The first kappa shape index (κ1) is 14.9. The van der Waals surface area contributed by atoms with Crippen molar-refractivity contribution in [2.45, 2.75) is 18.9 Å². The average molecular weight is 273 g/mol. The number of aryl methyl sites for hydroxylation is 1. The van der Waals surface area contributed by atoms with Crippen molar-refractivity contribution in [3.8, 4) is 0 Å². The van der Waals surface area contributed by atoms with E-state index >= 15 is 0 Å². The lowest BCUT2D eigenvalue weighted by atomic mass is 9.99. The zero-order valence-electron chi connectivity index (χ0n) is 9.69. The Morgan fingerprint density at radius 1 is 1.28 bits per heavy atom. The van der Waals surface area contributed by atoms with Gasteiger partial charge in [0, 0.05) is 0 Å². The normalized spacial score (nSPS) is 13.3. The molecule has 1 aromatic rings. The lowest BCUT2D eigenvalue weighted by molar-refractivity contribution is -0.138. The number of nitrogens with two attached hydrogens (primary N) is 1. The Labute approximate surface area is 105 Å². The first-order valence-electron chi connectivity index (χ1n) is 5.39. The van der Waals surface area contributed by atoms with Gasteiger partial charge in [0.1, 0.15) is 6.04 Å². The number of hydrogen-bond donors (Lipinski definition) is 4. The number of carboxylic acids is 1. The molecule has 0 saturated carbocycles. The second kappa shape index (κ2) is 6.11. The summed E-state index contributed by atoms with van der Waals surface area (Å²) in [4.78, 5) is 28.3. The highest BCUT2D eigenvalue weighted by Crippen LogP contribution is 2.35. The largest absolute Gasteiger partial charge is 0.480 e. The third kappa shape index (κ3) is 4.98. The minimum Gasteiger partial charge on any atom is -0.480 e. The van der Waals surface area contributed by atoms with Crippen molar-refractivity contribution in [3.63, 3.8) is 0 Å². The molecule has 1 atom stereocenters. The number of carbonyl (C=O) groups is 1. The summed E-state index contributed by atoms with van der Waals surface area (Å²) in [5.74, 6) is -1.10. The Kier molecular flexibility index (Phi) is 5.04. The Hall–Kier alpha value is -1.20. The van der Waals surface area contributed by atoms with Gasteiger partial charge in [-0.1, -0.05) is 24.3 Å². The summed E-state index contributed by atoms with van der Waals surface area (Å²) < 4.78 is 10.8. The molecule has 0 aliphatic carbocycles. The summed E-state index contributed by atoms with van der Waals surface area (Å²) in [6, 6.07) is 5.91. The molecule has 100 valence electrons. The molecule has 0 aliphatic rings. The minimum absolute atomic E-state index is 0.146. The summed E-state index contributed by atoms with van der Waals surface area (Å²) >= 11 is 0. The van der Waals surface area contributed by atoms with Crippen LogP contribution in [0.2, 0.25) is 0 Å². The Balaban J connectivity index is 2.79. The summed E-state index contributed by atoms with van der Waals surface area (Å²) in [5, 5.41) is 8.74. The fourth-order valence-electron chi connectivity index (χ4n) is 1.59. The van der Waals surface area contributed by atoms with Gasteiger partial charge in [-0.05, 0) is 24.0 Å². The first-order valence-corrected chi connectivity index (χ1v) is 7.19. The third-order valence-corrected chi connectivity index (χ3v) is 3.35. The monoisotopic (exact) mass is 273 g/mol. The van der Waals surface area contributed by atoms with Crippen LogP contribution in [0.25, 0.3) is 0 Å². The van der Waals surface area contributed by atoms with Gasteiger partial charge < -0.3 is 20.6 Å². The van der Waals surface area contributed by atoms with E-state index in [1.807, 2.05) is 0 Å². The van der Waals surface area contributed by atoms with Gasteiger partial charge in [-0.15, -0.1) is 0 Å². The zero-order valence-corrected chi connectivity index (χ0v) is 10.6. The van der Waals surface area contributed by atoms with Crippen LogP contribution in [-0.4, -0.2) is 33.1 Å². The van der Waals surface area contributed by atoms with E-state index in [1.165, 1.54) is 0 Å². The Morgan fingerprint density at radius 3 is 2.33 bits per heavy atom. The highest BCUT2D eigenvalue weighted by Gasteiger charge is 2.17. The highest BCUT2D eigenvalue weighted by molar-refractivity contribution is 7.51. The summed E-state index contributed by atoms with van der Waals surface area (Å²) in [7, 11) is -4.05. The summed E-state index contributed by atoms with van der Waals surface area (Å²) in [6.07, 6.45) is 0.0891. The van der Waals surface area contributed by atoms with Crippen LogP contribution in [-0.2, 0) is 22.2 Å². The van der Waals surface area contributed by atoms with Crippen LogP contribution in [0.4, 0.5) is 0 Å². The predicted molar refractivity (Wildman–Crippen MR) is 66.4 cm³/mol. The molecule has 6 nitrogen and oxygen atoms in total. The zero-order chi connectivity index (χ0) is 13.8. The Morgan fingerprint density at radius 2 is 1.83 bits per heavy atom. The molecule has 0 fully saturated rings. The van der Waals surface area contributed by atoms with Crippen molar-refractivity contribution in [2.75, 3.05) is 6.16 Å². The molecule has 0 amide bonds. The lowest BCUT2D eigenvalue weighted by Gasteiger charge is -2.12. The second-order valence-corrected chi connectivity index (χ2v) is 5.83. The van der Waals surface area contributed by atoms with E-state index in [4.69, 9.17) is 20.6 Å². The van der Waals surface area contributed by atoms with Gasteiger partial charge in [-0.25, -0.2) is 0 Å². The van der Waals surface area contributed by atoms with E-state index < -0.39 is 19.6 Å². The minimum atomic E-state index is -4.05. The van der Waals surface area contributed by atoms with Crippen molar-refractivity contribution in [2.24, 2.45) is 5.73 Å². The van der Waals surface area contributed by atoms with Crippen molar-refractivity contribution < 1.29 is 24.3 Å². The number of aliphatic carboxylic acids is 1. The molecule has 0 radical (unpaired) electrons. The average Bonchev–Trinajstić information content (AvgIpc) is 2.26. The molecular weight excluding hydrogens is 257 g/mol. The number of hydrogen-bond acceptors (Lipinski definition) is 3. The van der Waals surface area contributed by atoms with Crippen LogP contribution >= 0.6 is 7.60 Å². The van der Waals surface area contributed by atoms with Crippen molar-refractivity contribution >= 4 is 13.6 Å².